The topological polar surface area (TPSA) is 97.1 Å². The number of fused-ring (bicyclic) bond motifs is 1. The highest BCUT2D eigenvalue weighted by Crippen LogP contribution is 2.42. The number of nitrogens with zero attached hydrogens (tertiary/aromatic N) is 3. The molecule has 0 radical (unpaired) electrons. The van der Waals surface area contributed by atoms with Crippen LogP contribution in [0, 0.1) is 5.82 Å². The van der Waals surface area contributed by atoms with E-state index in [1.54, 1.807) is 37.5 Å². The summed E-state index contributed by atoms with van der Waals surface area (Å²) in [5.41, 5.74) is 1.56. The van der Waals surface area contributed by atoms with E-state index < -0.39 is 17.9 Å². The predicted molar refractivity (Wildman–Crippen MR) is 94.2 cm³/mol. The van der Waals surface area contributed by atoms with Gasteiger partial charge in [-0.1, -0.05) is 23.4 Å². The first-order valence-electron chi connectivity index (χ1n) is 8.24. The van der Waals surface area contributed by atoms with Crippen molar-refractivity contribution in [1.82, 2.24) is 15.0 Å². The average Bonchev–Trinajstić information content (AvgIpc) is 3.07. The van der Waals surface area contributed by atoms with Crippen LogP contribution in [0.2, 0.25) is 0 Å². The van der Waals surface area contributed by atoms with E-state index in [0.29, 0.717) is 16.9 Å². The maximum Gasteiger partial charge on any atom is 0.336 e. The van der Waals surface area contributed by atoms with Crippen molar-refractivity contribution in [2.24, 2.45) is 7.05 Å². The summed E-state index contributed by atoms with van der Waals surface area (Å²) in [7, 11) is 1.68. The molecule has 0 bridgehead atoms. The van der Waals surface area contributed by atoms with Gasteiger partial charge < -0.3 is 10.4 Å². The van der Waals surface area contributed by atoms with Crippen LogP contribution in [0.3, 0.4) is 0 Å². The van der Waals surface area contributed by atoms with Crippen LogP contribution in [0.15, 0.2) is 48.7 Å². The van der Waals surface area contributed by atoms with Gasteiger partial charge in [0, 0.05) is 18.9 Å². The molecular weight excluding hydrogens is 351 g/mol. The number of halogens is 1. The number of carboxylic acid groups (broad SMARTS) is 1. The van der Waals surface area contributed by atoms with Crippen molar-refractivity contribution in [2.45, 2.75) is 12.0 Å². The summed E-state index contributed by atoms with van der Waals surface area (Å²) in [4.78, 5) is 24.9. The number of Topliss-reactive ketones (excluding diaryl/α,β-unsaturated/α-hetero) is 1. The summed E-state index contributed by atoms with van der Waals surface area (Å²) in [6.45, 7) is 0. The zero-order chi connectivity index (χ0) is 19.1. The maximum atomic E-state index is 13.4. The summed E-state index contributed by atoms with van der Waals surface area (Å²) >= 11 is 0. The monoisotopic (exact) mass is 366 g/mol. The number of anilines is 1. The normalized spacial score (nSPS) is 18.7. The van der Waals surface area contributed by atoms with Crippen LogP contribution in [0.5, 0.6) is 0 Å². The Morgan fingerprint density at radius 2 is 1.96 bits per heavy atom. The van der Waals surface area contributed by atoms with E-state index in [0.717, 1.165) is 0 Å². The van der Waals surface area contributed by atoms with Gasteiger partial charge >= 0.3 is 5.97 Å². The lowest BCUT2D eigenvalue weighted by Gasteiger charge is -2.33. The molecule has 2 N–H and O–H groups in total. The van der Waals surface area contributed by atoms with Crippen LogP contribution < -0.4 is 5.32 Å². The van der Waals surface area contributed by atoms with Crippen molar-refractivity contribution in [3.05, 3.63) is 76.9 Å². The molecule has 7 nitrogen and oxygen atoms in total. The molecule has 27 heavy (non-hydrogen) atoms. The van der Waals surface area contributed by atoms with Crippen molar-refractivity contribution >= 4 is 17.4 Å². The van der Waals surface area contributed by atoms with E-state index in [4.69, 9.17) is 0 Å². The van der Waals surface area contributed by atoms with Crippen LogP contribution >= 0.6 is 0 Å². The Morgan fingerprint density at radius 1 is 1.22 bits per heavy atom. The molecule has 0 saturated carbocycles. The molecule has 2 unspecified atom stereocenters. The van der Waals surface area contributed by atoms with Gasteiger partial charge in [-0.2, -0.15) is 0 Å². The number of carbonyl (C=O) groups excluding carboxylic acids is 1. The molecule has 2 heterocycles. The van der Waals surface area contributed by atoms with Crippen molar-refractivity contribution in [3.8, 4) is 0 Å². The molecule has 4 rings (SSSR count). The number of hydrogen-bond acceptors (Lipinski definition) is 5. The standard InChI is InChI=1S/C19H15FN4O3/c1-24-9-14(22-23-24)16-17(10-5-7-11(20)8-6-10)21-13-4-2-3-12(19(26)27)15(13)18(16)25/h2-9,16-17,21H,1H3,(H,26,27). The molecule has 1 aliphatic rings. The Hall–Kier alpha value is -3.55. The van der Waals surface area contributed by atoms with E-state index in [9.17, 15) is 19.1 Å². The highest BCUT2D eigenvalue weighted by atomic mass is 19.1. The third-order valence-electron chi connectivity index (χ3n) is 4.64. The van der Waals surface area contributed by atoms with Gasteiger partial charge in [0.1, 0.15) is 5.82 Å². The molecular formula is C19H15FN4O3. The number of nitrogens with one attached hydrogen (secondary N) is 1. The van der Waals surface area contributed by atoms with Crippen molar-refractivity contribution < 1.29 is 19.1 Å². The Morgan fingerprint density at radius 3 is 2.59 bits per heavy atom. The zero-order valence-corrected chi connectivity index (χ0v) is 14.3. The molecule has 0 spiro atoms. The van der Waals surface area contributed by atoms with Gasteiger partial charge in [-0.25, -0.2) is 9.18 Å². The molecule has 0 saturated heterocycles. The molecule has 1 aliphatic heterocycles. The molecule has 2 atom stereocenters. The average molecular weight is 366 g/mol. The minimum absolute atomic E-state index is 0.0727. The number of benzene rings is 2. The third kappa shape index (κ3) is 2.84. The number of carbonyl (C=O) groups is 2. The lowest BCUT2D eigenvalue weighted by molar-refractivity contribution is 0.0690. The van der Waals surface area contributed by atoms with E-state index in [-0.39, 0.29) is 22.7 Å². The first kappa shape index (κ1) is 16.9. The third-order valence-corrected chi connectivity index (χ3v) is 4.64. The number of aromatic carboxylic acids is 1. The SMILES string of the molecule is Cn1cc(C2C(=O)c3c(cccc3C(=O)O)NC2c2ccc(F)cc2)nn1. The Bertz CT molecular complexity index is 1050. The smallest absolute Gasteiger partial charge is 0.336 e. The number of hydrogen-bond donors (Lipinski definition) is 2. The van der Waals surface area contributed by atoms with E-state index in [1.165, 1.54) is 22.9 Å². The second-order valence-electron chi connectivity index (χ2n) is 6.37. The van der Waals surface area contributed by atoms with E-state index in [2.05, 4.69) is 15.6 Å². The van der Waals surface area contributed by atoms with Crippen LogP contribution in [0.4, 0.5) is 10.1 Å². The lowest BCUT2D eigenvalue weighted by atomic mass is 9.79. The Kier molecular flexibility index (Phi) is 3.95. The predicted octanol–water partition coefficient (Wildman–Crippen LogP) is 2.79. The first-order chi connectivity index (χ1) is 13.0. The molecule has 136 valence electrons. The first-order valence-corrected chi connectivity index (χ1v) is 8.24. The minimum atomic E-state index is -1.18. The molecule has 8 heteroatoms. The van der Waals surface area contributed by atoms with Crippen molar-refractivity contribution in [1.29, 1.82) is 0 Å². The number of aryl methyl sites for hydroxylation is 1. The van der Waals surface area contributed by atoms with E-state index in [1.807, 2.05) is 0 Å². The zero-order valence-electron chi connectivity index (χ0n) is 14.3. The summed E-state index contributed by atoms with van der Waals surface area (Å²) in [6.07, 6.45) is 1.62. The quantitative estimate of drug-likeness (QED) is 0.740. The molecule has 0 aliphatic carbocycles. The summed E-state index contributed by atoms with van der Waals surface area (Å²) in [5, 5.41) is 20.7. The highest BCUT2D eigenvalue weighted by molar-refractivity contribution is 6.14. The lowest BCUT2D eigenvalue weighted by Crippen LogP contribution is -2.33. The largest absolute Gasteiger partial charge is 0.478 e. The van der Waals surface area contributed by atoms with E-state index >= 15 is 0 Å². The van der Waals surface area contributed by atoms with Gasteiger partial charge in [-0.15, -0.1) is 5.10 Å². The highest BCUT2D eigenvalue weighted by Gasteiger charge is 2.41. The Labute approximate surface area is 153 Å². The summed E-state index contributed by atoms with van der Waals surface area (Å²) in [6, 6.07) is 9.91. The molecule has 3 aromatic rings. The van der Waals surface area contributed by atoms with Crippen LogP contribution in [0.1, 0.15) is 43.9 Å². The second-order valence-corrected chi connectivity index (χ2v) is 6.37. The van der Waals surface area contributed by atoms with Gasteiger partial charge in [0.05, 0.1) is 28.8 Å². The van der Waals surface area contributed by atoms with Gasteiger partial charge in [0.15, 0.2) is 5.78 Å². The van der Waals surface area contributed by atoms with Crippen LogP contribution in [-0.2, 0) is 7.05 Å². The second kappa shape index (κ2) is 6.31. The van der Waals surface area contributed by atoms with Crippen LogP contribution in [-0.4, -0.2) is 31.9 Å². The molecule has 0 amide bonds. The van der Waals surface area contributed by atoms with Crippen molar-refractivity contribution in [2.75, 3.05) is 5.32 Å². The fourth-order valence-corrected chi connectivity index (χ4v) is 3.43. The van der Waals surface area contributed by atoms with Gasteiger partial charge in [0.25, 0.3) is 0 Å². The molecule has 2 aromatic carbocycles. The number of aromatic nitrogens is 3. The summed E-state index contributed by atoms with van der Waals surface area (Å²) < 4.78 is 14.8. The van der Waals surface area contributed by atoms with Crippen molar-refractivity contribution in [3.63, 3.8) is 0 Å². The van der Waals surface area contributed by atoms with Crippen LogP contribution in [0.25, 0.3) is 0 Å². The number of rotatable bonds is 3. The summed E-state index contributed by atoms with van der Waals surface area (Å²) in [5.74, 6) is -2.72. The van der Waals surface area contributed by atoms with Gasteiger partial charge in [-0.05, 0) is 29.8 Å². The minimum Gasteiger partial charge on any atom is -0.478 e. The van der Waals surface area contributed by atoms with Gasteiger partial charge in [-0.3, -0.25) is 9.48 Å². The molecule has 1 aromatic heterocycles. The fraction of sp³-hybridized carbons (Fsp3) is 0.158. The maximum absolute atomic E-state index is 13.4. The fourth-order valence-electron chi connectivity index (χ4n) is 3.43. The Balaban J connectivity index is 1.90. The number of carboxylic acids is 1. The van der Waals surface area contributed by atoms with Gasteiger partial charge in [0.2, 0.25) is 0 Å². The molecule has 0 fully saturated rings. The number of ketones is 1.